The lowest BCUT2D eigenvalue weighted by Gasteiger charge is -2.13. The number of nitrogens with one attached hydrogen (secondary N) is 1. The molecule has 5 nitrogen and oxygen atoms in total. The number of fused-ring (bicyclic) bond motifs is 1. The standard InChI is InChI=1S/C19H17BrN2O3/c1-12-7-8-15-16(10-12)19(25)22(18(15)24)9-3-6-17(23)21-14-5-2-4-13(20)11-14/h2,4-5,7-8,10-11H,3,6,9H2,1H3,(H,21,23). The van der Waals surface area contributed by atoms with Crippen LogP contribution in [0.4, 0.5) is 5.69 Å². The Morgan fingerprint density at radius 2 is 1.84 bits per heavy atom. The Hall–Kier alpha value is -2.47. The van der Waals surface area contributed by atoms with E-state index in [2.05, 4.69) is 21.2 Å². The lowest BCUT2D eigenvalue weighted by Crippen LogP contribution is -2.31. The first kappa shape index (κ1) is 17.4. The van der Waals surface area contributed by atoms with E-state index < -0.39 is 0 Å². The van der Waals surface area contributed by atoms with E-state index in [-0.39, 0.29) is 30.7 Å². The topological polar surface area (TPSA) is 66.5 Å². The second-order valence-corrected chi connectivity index (χ2v) is 6.89. The lowest BCUT2D eigenvalue weighted by molar-refractivity contribution is -0.116. The van der Waals surface area contributed by atoms with Crippen LogP contribution < -0.4 is 5.32 Å². The highest BCUT2D eigenvalue weighted by Crippen LogP contribution is 2.24. The van der Waals surface area contributed by atoms with Crippen LogP contribution >= 0.6 is 15.9 Å². The van der Waals surface area contributed by atoms with Gasteiger partial charge in [0.25, 0.3) is 11.8 Å². The van der Waals surface area contributed by atoms with Gasteiger partial charge in [-0.3, -0.25) is 19.3 Å². The molecule has 0 saturated heterocycles. The summed E-state index contributed by atoms with van der Waals surface area (Å²) < 4.78 is 0.881. The second kappa shape index (κ2) is 7.19. The van der Waals surface area contributed by atoms with Gasteiger partial charge >= 0.3 is 0 Å². The minimum Gasteiger partial charge on any atom is -0.326 e. The Morgan fingerprint density at radius 3 is 2.60 bits per heavy atom. The van der Waals surface area contributed by atoms with Crippen LogP contribution in [0.5, 0.6) is 0 Å². The number of halogens is 1. The molecule has 1 N–H and O–H groups in total. The van der Waals surface area contributed by atoms with Crippen molar-refractivity contribution in [2.75, 3.05) is 11.9 Å². The molecule has 0 radical (unpaired) electrons. The van der Waals surface area contributed by atoms with Crippen LogP contribution in [0.25, 0.3) is 0 Å². The molecule has 0 fully saturated rings. The summed E-state index contributed by atoms with van der Waals surface area (Å²) in [6, 6.07) is 12.6. The predicted octanol–water partition coefficient (Wildman–Crippen LogP) is 3.77. The number of aryl methyl sites for hydroxylation is 1. The molecule has 2 aromatic carbocycles. The summed E-state index contributed by atoms with van der Waals surface area (Å²) in [4.78, 5) is 37.9. The van der Waals surface area contributed by atoms with Crippen molar-refractivity contribution in [1.82, 2.24) is 4.90 Å². The quantitative estimate of drug-likeness (QED) is 0.776. The maximum Gasteiger partial charge on any atom is 0.261 e. The van der Waals surface area contributed by atoms with Gasteiger partial charge in [0, 0.05) is 23.1 Å². The van der Waals surface area contributed by atoms with E-state index >= 15 is 0 Å². The van der Waals surface area contributed by atoms with E-state index in [0.717, 1.165) is 10.0 Å². The second-order valence-electron chi connectivity index (χ2n) is 5.97. The summed E-state index contributed by atoms with van der Waals surface area (Å²) in [5.41, 5.74) is 2.53. The Bertz CT molecular complexity index is 863. The van der Waals surface area contributed by atoms with Crippen LogP contribution in [-0.4, -0.2) is 29.2 Å². The summed E-state index contributed by atoms with van der Waals surface area (Å²) in [5.74, 6) is -0.714. The van der Waals surface area contributed by atoms with Crippen molar-refractivity contribution in [3.8, 4) is 0 Å². The Balaban J connectivity index is 1.55. The Morgan fingerprint density at radius 1 is 1.08 bits per heavy atom. The maximum atomic E-state index is 12.4. The molecule has 128 valence electrons. The van der Waals surface area contributed by atoms with E-state index in [9.17, 15) is 14.4 Å². The number of carbonyl (C=O) groups excluding carboxylic acids is 3. The molecule has 6 heteroatoms. The molecular weight excluding hydrogens is 384 g/mol. The average Bonchev–Trinajstić information content (AvgIpc) is 2.79. The zero-order chi connectivity index (χ0) is 18.0. The number of nitrogens with zero attached hydrogens (tertiary/aromatic N) is 1. The maximum absolute atomic E-state index is 12.4. The first-order chi connectivity index (χ1) is 12.0. The molecule has 1 aliphatic heterocycles. The highest BCUT2D eigenvalue weighted by Gasteiger charge is 2.34. The van der Waals surface area contributed by atoms with Crippen molar-refractivity contribution in [3.05, 3.63) is 63.6 Å². The van der Waals surface area contributed by atoms with E-state index in [0.29, 0.717) is 23.2 Å². The molecule has 2 aromatic rings. The molecule has 0 aromatic heterocycles. The van der Waals surface area contributed by atoms with Crippen molar-refractivity contribution in [2.45, 2.75) is 19.8 Å². The molecule has 1 heterocycles. The largest absolute Gasteiger partial charge is 0.326 e. The average molecular weight is 401 g/mol. The minimum atomic E-state index is -0.285. The summed E-state index contributed by atoms with van der Waals surface area (Å²) in [7, 11) is 0. The van der Waals surface area contributed by atoms with Gasteiger partial charge in [-0.15, -0.1) is 0 Å². The van der Waals surface area contributed by atoms with Gasteiger partial charge in [-0.1, -0.05) is 33.6 Å². The number of benzene rings is 2. The van der Waals surface area contributed by atoms with E-state index in [4.69, 9.17) is 0 Å². The number of amides is 3. The van der Waals surface area contributed by atoms with Gasteiger partial charge < -0.3 is 5.32 Å². The third kappa shape index (κ3) is 3.79. The zero-order valence-corrected chi connectivity index (χ0v) is 15.3. The van der Waals surface area contributed by atoms with Gasteiger partial charge in [-0.2, -0.15) is 0 Å². The number of hydrogen-bond acceptors (Lipinski definition) is 3. The molecule has 3 amide bonds. The summed E-state index contributed by atoms with van der Waals surface area (Å²) in [5, 5.41) is 2.80. The van der Waals surface area contributed by atoms with Crippen molar-refractivity contribution < 1.29 is 14.4 Å². The van der Waals surface area contributed by atoms with Gasteiger partial charge in [-0.25, -0.2) is 0 Å². The third-order valence-corrected chi connectivity index (χ3v) is 4.51. The molecule has 3 rings (SSSR count). The number of hydrogen-bond donors (Lipinski definition) is 1. The normalized spacial score (nSPS) is 13.1. The Labute approximate surface area is 154 Å². The number of anilines is 1. The fourth-order valence-electron chi connectivity index (χ4n) is 2.80. The highest BCUT2D eigenvalue weighted by atomic mass is 79.9. The van der Waals surface area contributed by atoms with E-state index in [1.165, 1.54) is 4.90 Å². The molecule has 0 spiro atoms. The van der Waals surface area contributed by atoms with Crippen LogP contribution in [0.3, 0.4) is 0 Å². The van der Waals surface area contributed by atoms with Crippen LogP contribution in [-0.2, 0) is 4.79 Å². The zero-order valence-electron chi connectivity index (χ0n) is 13.7. The molecule has 0 atom stereocenters. The molecule has 0 saturated carbocycles. The monoisotopic (exact) mass is 400 g/mol. The summed E-state index contributed by atoms with van der Waals surface area (Å²) in [6.45, 7) is 2.12. The number of imide groups is 1. The Kier molecular flexibility index (Phi) is 4.99. The van der Waals surface area contributed by atoms with Crippen molar-refractivity contribution in [2.24, 2.45) is 0 Å². The van der Waals surface area contributed by atoms with Gasteiger partial charge in [0.2, 0.25) is 5.91 Å². The molecule has 25 heavy (non-hydrogen) atoms. The first-order valence-electron chi connectivity index (χ1n) is 7.98. The number of carbonyl (C=O) groups is 3. The smallest absolute Gasteiger partial charge is 0.261 e. The third-order valence-electron chi connectivity index (χ3n) is 4.02. The van der Waals surface area contributed by atoms with Gasteiger partial charge in [-0.05, 0) is 43.7 Å². The predicted molar refractivity (Wildman–Crippen MR) is 98.6 cm³/mol. The van der Waals surface area contributed by atoms with Crippen molar-refractivity contribution >= 4 is 39.3 Å². The summed E-state index contributed by atoms with van der Waals surface area (Å²) >= 11 is 3.35. The first-order valence-corrected chi connectivity index (χ1v) is 8.77. The SMILES string of the molecule is Cc1ccc2c(c1)C(=O)N(CCCC(=O)Nc1cccc(Br)c1)C2=O. The van der Waals surface area contributed by atoms with Crippen molar-refractivity contribution in [3.63, 3.8) is 0 Å². The van der Waals surface area contributed by atoms with Crippen LogP contribution in [0.1, 0.15) is 39.1 Å². The molecule has 0 unspecified atom stereocenters. The highest BCUT2D eigenvalue weighted by molar-refractivity contribution is 9.10. The molecule has 0 bridgehead atoms. The minimum absolute atomic E-state index is 0.148. The van der Waals surface area contributed by atoms with Gasteiger partial charge in [0.1, 0.15) is 0 Å². The molecular formula is C19H17BrN2O3. The van der Waals surface area contributed by atoms with Crippen LogP contribution in [0, 0.1) is 6.92 Å². The van der Waals surface area contributed by atoms with E-state index in [1.54, 1.807) is 18.2 Å². The van der Waals surface area contributed by atoms with E-state index in [1.807, 2.05) is 31.2 Å². The van der Waals surface area contributed by atoms with Crippen LogP contribution in [0.2, 0.25) is 0 Å². The molecule has 1 aliphatic rings. The fourth-order valence-corrected chi connectivity index (χ4v) is 3.19. The summed E-state index contributed by atoms with van der Waals surface area (Å²) in [6.07, 6.45) is 0.656. The van der Waals surface area contributed by atoms with Gasteiger partial charge in [0.15, 0.2) is 0 Å². The van der Waals surface area contributed by atoms with Crippen molar-refractivity contribution in [1.29, 1.82) is 0 Å². The van der Waals surface area contributed by atoms with Gasteiger partial charge in [0.05, 0.1) is 11.1 Å². The lowest BCUT2D eigenvalue weighted by atomic mass is 10.1. The fraction of sp³-hybridized carbons (Fsp3) is 0.211. The van der Waals surface area contributed by atoms with Crippen LogP contribution in [0.15, 0.2) is 46.9 Å². The number of rotatable bonds is 5. The molecule has 0 aliphatic carbocycles.